The third-order valence-electron chi connectivity index (χ3n) is 3.64. The summed E-state index contributed by atoms with van der Waals surface area (Å²) in [7, 11) is -3.55. The summed E-state index contributed by atoms with van der Waals surface area (Å²) in [6, 6.07) is 4.68. The molecule has 1 aromatic carbocycles. The average Bonchev–Trinajstić information content (AvgIpc) is 3.03. The number of benzene rings is 1. The molecule has 1 fully saturated rings. The summed E-state index contributed by atoms with van der Waals surface area (Å²) >= 11 is 1.39. The molecule has 0 bridgehead atoms. The van der Waals surface area contributed by atoms with Crippen LogP contribution in [0.2, 0.25) is 0 Å². The molecule has 7 nitrogen and oxygen atoms in total. The summed E-state index contributed by atoms with van der Waals surface area (Å²) in [4.78, 5) is 4.23. The van der Waals surface area contributed by atoms with Gasteiger partial charge < -0.3 is 14.2 Å². The Morgan fingerprint density at radius 1 is 1.22 bits per heavy atom. The molecule has 2 aliphatic heterocycles. The van der Waals surface area contributed by atoms with Crippen molar-refractivity contribution >= 4 is 21.4 Å². The van der Waals surface area contributed by atoms with Gasteiger partial charge in [-0.3, -0.25) is 0 Å². The van der Waals surface area contributed by atoms with E-state index in [0.29, 0.717) is 43.0 Å². The van der Waals surface area contributed by atoms with E-state index >= 15 is 0 Å². The van der Waals surface area contributed by atoms with Gasteiger partial charge in [0.1, 0.15) is 19.3 Å². The third kappa shape index (κ3) is 2.75. The fraction of sp³-hybridized carbons (Fsp3) is 0.357. The van der Waals surface area contributed by atoms with E-state index in [2.05, 4.69) is 4.98 Å². The van der Waals surface area contributed by atoms with Crippen LogP contribution < -0.4 is 14.2 Å². The average molecular weight is 354 g/mol. The van der Waals surface area contributed by atoms with E-state index in [9.17, 15) is 8.42 Å². The van der Waals surface area contributed by atoms with Crippen molar-refractivity contribution in [1.82, 2.24) is 9.29 Å². The molecule has 3 heterocycles. The quantitative estimate of drug-likeness (QED) is 0.825. The second kappa shape index (κ2) is 5.66. The number of thiazole rings is 1. The second-order valence-corrected chi connectivity index (χ2v) is 7.96. The van der Waals surface area contributed by atoms with E-state index in [1.165, 1.54) is 27.8 Å². The van der Waals surface area contributed by atoms with Crippen molar-refractivity contribution in [3.63, 3.8) is 0 Å². The minimum atomic E-state index is -3.55. The van der Waals surface area contributed by atoms with E-state index in [1.807, 2.05) is 5.38 Å². The van der Waals surface area contributed by atoms with Crippen LogP contribution in [0.4, 0.5) is 0 Å². The van der Waals surface area contributed by atoms with Gasteiger partial charge in [0, 0.05) is 17.6 Å². The van der Waals surface area contributed by atoms with Gasteiger partial charge in [0.05, 0.1) is 18.0 Å². The van der Waals surface area contributed by atoms with Crippen molar-refractivity contribution in [2.45, 2.75) is 11.0 Å². The van der Waals surface area contributed by atoms with Gasteiger partial charge in [0.25, 0.3) is 5.19 Å². The predicted molar refractivity (Wildman–Crippen MR) is 82.7 cm³/mol. The fourth-order valence-electron chi connectivity index (χ4n) is 2.42. The first kappa shape index (κ1) is 14.7. The highest BCUT2D eigenvalue weighted by Crippen LogP contribution is 2.34. The minimum absolute atomic E-state index is 0.159. The van der Waals surface area contributed by atoms with Gasteiger partial charge in [0.2, 0.25) is 10.0 Å². The van der Waals surface area contributed by atoms with Crippen LogP contribution in [0.25, 0.3) is 0 Å². The molecule has 0 unspecified atom stereocenters. The summed E-state index contributed by atoms with van der Waals surface area (Å²) in [6.45, 7) is 1.53. The first-order valence-corrected chi connectivity index (χ1v) is 9.41. The van der Waals surface area contributed by atoms with Gasteiger partial charge in [-0.05, 0) is 12.1 Å². The second-order valence-electron chi connectivity index (χ2n) is 5.17. The zero-order valence-electron chi connectivity index (χ0n) is 12.0. The molecule has 0 atom stereocenters. The van der Waals surface area contributed by atoms with Crippen molar-refractivity contribution < 1.29 is 22.6 Å². The van der Waals surface area contributed by atoms with E-state index in [1.54, 1.807) is 12.3 Å². The van der Waals surface area contributed by atoms with E-state index in [0.717, 1.165) is 0 Å². The van der Waals surface area contributed by atoms with Crippen molar-refractivity contribution in [2.24, 2.45) is 0 Å². The third-order valence-corrected chi connectivity index (χ3v) is 6.13. The van der Waals surface area contributed by atoms with E-state index in [-0.39, 0.29) is 11.0 Å². The molecular formula is C14H14N2O5S2. The van der Waals surface area contributed by atoms with Gasteiger partial charge in [0.15, 0.2) is 11.5 Å². The highest BCUT2D eigenvalue weighted by molar-refractivity contribution is 7.89. The molecule has 0 saturated carbocycles. The Labute approximate surface area is 137 Å². The molecule has 0 N–H and O–H groups in total. The highest BCUT2D eigenvalue weighted by Gasteiger charge is 2.39. The van der Waals surface area contributed by atoms with Crippen LogP contribution in [0, 0.1) is 0 Å². The van der Waals surface area contributed by atoms with Gasteiger partial charge in [-0.25, -0.2) is 13.4 Å². The molecule has 0 aliphatic carbocycles. The summed E-state index contributed by atoms with van der Waals surface area (Å²) < 4.78 is 43.1. The molecule has 0 spiro atoms. The number of hydrogen-bond acceptors (Lipinski definition) is 7. The largest absolute Gasteiger partial charge is 0.486 e. The molecule has 1 saturated heterocycles. The highest BCUT2D eigenvalue weighted by atomic mass is 32.2. The van der Waals surface area contributed by atoms with Crippen LogP contribution in [-0.2, 0) is 10.0 Å². The molecule has 23 heavy (non-hydrogen) atoms. The van der Waals surface area contributed by atoms with Gasteiger partial charge in [-0.1, -0.05) is 11.3 Å². The van der Waals surface area contributed by atoms with Crippen molar-refractivity contribution in [1.29, 1.82) is 0 Å². The molecule has 2 aliphatic rings. The van der Waals surface area contributed by atoms with Gasteiger partial charge in [-0.2, -0.15) is 4.31 Å². The number of aromatic nitrogens is 1. The fourth-order valence-corrected chi connectivity index (χ4v) is 4.49. The van der Waals surface area contributed by atoms with Gasteiger partial charge in [-0.15, -0.1) is 0 Å². The number of nitrogens with zero attached hydrogens (tertiary/aromatic N) is 2. The molecule has 9 heteroatoms. The Kier molecular flexibility index (Phi) is 3.63. The lowest BCUT2D eigenvalue weighted by Gasteiger charge is -2.37. The van der Waals surface area contributed by atoms with Crippen LogP contribution in [0.15, 0.2) is 34.7 Å². The topological polar surface area (TPSA) is 78.0 Å². The normalized spacial score (nSPS) is 18.4. The first-order chi connectivity index (χ1) is 11.1. The predicted octanol–water partition coefficient (Wildman–Crippen LogP) is 1.37. The zero-order valence-corrected chi connectivity index (χ0v) is 13.7. The van der Waals surface area contributed by atoms with Gasteiger partial charge >= 0.3 is 0 Å². The number of hydrogen-bond donors (Lipinski definition) is 0. The smallest absolute Gasteiger partial charge is 0.273 e. The first-order valence-electron chi connectivity index (χ1n) is 7.09. The summed E-state index contributed by atoms with van der Waals surface area (Å²) in [5, 5.41) is 2.38. The standard InChI is InChI=1S/C14H14N2O5S2/c17-23(18,11-1-2-12-13(7-11)20-5-4-19-12)16-8-10(9-16)21-14-15-3-6-22-14/h1-3,6-7,10H,4-5,8-9H2. The number of fused-ring (bicyclic) bond motifs is 1. The van der Waals surface area contributed by atoms with Crippen LogP contribution in [0.5, 0.6) is 16.7 Å². The molecule has 2 aromatic rings. The number of rotatable bonds is 4. The van der Waals surface area contributed by atoms with E-state index in [4.69, 9.17) is 14.2 Å². The van der Waals surface area contributed by atoms with Crippen molar-refractivity contribution in [2.75, 3.05) is 26.3 Å². The molecule has 0 amide bonds. The summed E-state index contributed by atoms with van der Waals surface area (Å²) in [6.07, 6.45) is 1.50. The Morgan fingerprint density at radius 3 is 2.74 bits per heavy atom. The van der Waals surface area contributed by atoms with Crippen molar-refractivity contribution in [3.8, 4) is 16.7 Å². The van der Waals surface area contributed by atoms with Crippen molar-refractivity contribution in [3.05, 3.63) is 29.8 Å². The monoisotopic (exact) mass is 354 g/mol. The Bertz CT molecular complexity index is 801. The lowest BCUT2D eigenvalue weighted by atomic mass is 10.2. The van der Waals surface area contributed by atoms with E-state index < -0.39 is 10.0 Å². The lowest BCUT2D eigenvalue weighted by molar-refractivity contribution is 0.0759. The Balaban J connectivity index is 1.46. The molecule has 1 aromatic heterocycles. The summed E-state index contributed by atoms with van der Waals surface area (Å²) in [5.74, 6) is 1.04. The molecular weight excluding hydrogens is 340 g/mol. The van der Waals surface area contributed by atoms with Crippen LogP contribution in [-0.4, -0.2) is 50.1 Å². The van der Waals surface area contributed by atoms with Crippen LogP contribution in [0.1, 0.15) is 0 Å². The summed E-state index contributed by atoms with van der Waals surface area (Å²) in [5.41, 5.74) is 0. The van der Waals surface area contributed by atoms with Crippen LogP contribution >= 0.6 is 11.3 Å². The Morgan fingerprint density at radius 2 is 2.00 bits per heavy atom. The number of sulfonamides is 1. The maximum atomic E-state index is 12.6. The minimum Gasteiger partial charge on any atom is -0.486 e. The Hall–Kier alpha value is -1.84. The van der Waals surface area contributed by atoms with Crippen LogP contribution in [0.3, 0.4) is 0 Å². The number of ether oxygens (including phenoxy) is 3. The molecule has 122 valence electrons. The zero-order chi connectivity index (χ0) is 15.9. The lowest BCUT2D eigenvalue weighted by Crippen LogP contribution is -2.55. The SMILES string of the molecule is O=S(=O)(c1ccc2c(c1)OCCO2)N1CC(Oc2nccs2)C1. The maximum absolute atomic E-state index is 12.6. The maximum Gasteiger partial charge on any atom is 0.273 e. The molecule has 0 radical (unpaired) electrons. The molecule has 4 rings (SSSR count).